The van der Waals surface area contributed by atoms with Gasteiger partial charge in [0.25, 0.3) is 0 Å². The predicted molar refractivity (Wildman–Crippen MR) is 89.8 cm³/mol. The second kappa shape index (κ2) is 9.01. The summed E-state index contributed by atoms with van der Waals surface area (Å²) in [5.74, 6) is 0.589. The van der Waals surface area contributed by atoms with Crippen LogP contribution in [0.3, 0.4) is 0 Å². The van der Waals surface area contributed by atoms with Crippen LogP contribution < -0.4 is 9.64 Å². The van der Waals surface area contributed by atoms with Crippen LogP contribution in [0.5, 0.6) is 5.75 Å². The highest BCUT2D eigenvalue weighted by atomic mass is 127. The van der Waals surface area contributed by atoms with Crippen LogP contribution in [0, 0.1) is 0 Å². The second-order valence-corrected chi connectivity index (χ2v) is 4.30. The van der Waals surface area contributed by atoms with Gasteiger partial charge in [0.15, 0.2) is 0 Å². The van der Waals surface area contributed by atoms with Gasteiger partial charge in [-0.2, -0.15) is 0 Å². The Hall–Kier alpha value is -0.980. The SMILES string of the molecule is CCc1cc(OC(=O)N(C)C)ccc1N(C)C.CI. The highest BCUT2D eigenvalue weighted by Crippen LogP contribution is 2.24. The molecule has 0 saturated heterocycles. The molecule has 0 heterocycles. The lowest BCUT2D eigenvalue weighted by Gasteiger charge is -2.18. The first-order valence-electron chi connectivity index (χ1n) is 6.03. The van der Waals surface area contributed by atoms with E-state index >= 15 is 0 Å². The predicted octanol–water partition coefficient (Wildman–Crippen LogP) is 3.43. The van der Waals surface area contributed by atoms with Crippen molar-refractivity contribution < 1.29 is 9.53 Å². The van der Waals surface area contributed by atoms with E-state index in [1.54, 1.807) is 14.1 Å². The summed E-state index contributed by atoms with van der Waals surface area (Å²) in [7, 11) is 7.33. The zero-order valence-corrected chi connectivity index (χ0v) is 14.7. The van der Waals surface area contributed by atoms with Crippen LogP contribution in [0.15, 0.2) is 18.2 Å². The minimum absolute atomic E-state index is 0.357. The Labute approximate surface area is 129 Å². The maximum absolute atomic E-state index is 11.4. The number of carbonyl (C=O) groups is 1. The highest BCUT2D eigenvalue weighted by Gasteiger charge is 2.09. The lowest BCUT2D eigenvalue weighted by molar-refractivity contribution is 0.172. The fourth-order valence-electron chi connectivity index (χ4n) is 1.54. The van der Waals surface area contributed by atoms with Crippen molar-refractivity contribution in [1.29, 1.82) is 0 Å². The Balaban J connectivity index is 0.00000154. The van der Waals surface area contributed by atoms with E-state index in [9.17, 15) is 4.79 Å². The van der Waals surface area contributed by atoms with Gasteiger partial charge < -0.3 is 14.5 Å². The van der Waals surface area contributed by atoms with E-state index in [1.165, 1.54) is 10.5 Å². The number of anilines is 1. The summed E-state index contributed by atoms with van der Waals surface area (Å²) in [6.07, 6.45) is 0.547. The van der Waals surface area contributed by atoms with Crippen LogP contribution in [-0.4, -0.2) is 44.1 Å². The van der Waals surface area contributed by atoms with Crippen molar-refractivity contribution in [2.24, 2.45) is 0 Å². The number of ether oxygens (including phenoxy) is 1. The summed E-state index contributed by atoms with van der Waals surface area (Å²) in [5.41, 5.74) is 2.32. The van der Waals surface area contributed by atoms with Gasteiger partial charge in [0.2, 0.25) is 0 Å². The maximum Gasteiger partial charge on any atom is 0.414 e. The first-order chi connectivity index (χ1) is 8.95. The monoisotopic (exact) mass is 378 g/mol. The molecule has 1 amide bonds. The first-order valence-corrected chi connectivity index (χ1v) is 8.18. The number of rotatable bonds is 3. The molecular weight excluding hydrogens is 355 g/mol. The van der Waals surface area contributed by atoms with Crippen molar-refractivity contribution in [1.82, 2.24) is 4.90 Å². The molecule has 5 heteroatoms. The molecule has 0 aliphatic heterocycles. The molecule has 0 saturated carbocycles. The van der Waals surface area contributed by atoms with Crippen molar-refractivity contribution in [2.45, 2.75) is 13.3 Å². The summed E-state index contributed by atoms with van der Waals surface area (Å²) in [6, 6.07) is 5.70. The quantitative estimate of drug-likeness (QED) is 0.597. The van der Waals surface area contributed by atoms with Gasteiger partial charge in [-0.1, -0.05) is 29.5 Å². The Kier molecular flexibility index (Phi) is 8.54. The minimum atomic E-state index is -0.357. The smallest absolute Gasteiger partial charge is 0.410 e. The molecule has 0 aliphatic rings. The Morgan fingerprint density at radius 1 is 1.21 bits per heavy atom. The number of aryl methyl sites for hydroxylation is 1. The van der Waals surface area contributed by atoms with Crippen LogP contribution in [0.25, 0.3) is 0 Å². The standard InChI is InChI=1S/C13H20N2O2.CH3I/c1-6-10-9-11(17-13(16)15(4)5)7-8-12(10)14(2)3;1-2/h7-9H,6H2,1-5H3;1H3. The summed E-state index contributed by atoms with van der Waals surface area (Å²) >= 11 is 2.15. The van der Waals surface area contributed by atoms with Gasteiger partial charge in [0, 0.05) is 33.9 Å². The van der Waals surface area contributed by atoms with Crippen LogP contribution in [-0.2, 0) is 6.42 Å². The molecule has 0 atom stereocenters. The molecule has 0 spiro atoms. The molecule has 19 heavy (non-hydrogen) atoms. The molecule has 0 aliphatic carbocycles. The van der Waals surface area contributed by atoms with E-state index in [0.717, 1.165) is 12.1 Å². The fraction of sp³-hybridized carbons (Fsp3) is 0.500. The van der Waals surface area contributed by atoms with Gasteiger partial charge in [-0.25, -0.2) is 4.79 Å². The lowest BCUT2D eigenvalue weighted by atomic mass is 10.1. The average Bonchev–Trinajstić information content (AvgIpc) is 2.40. The van der Waals surface area contributed by atoms with Crippen molar-refractivity contribution >= 4 is 34.4 Å². The third-order valence-corrected chi connectivity index (χ3v) is 2.48. The van der Waals surface area contributed by atoms with E-state index in [4.69, 9.17) is 4.74 Å². The molecule has 0 bridgehead atoms. The molecule has 0 fully saturated rings. The molecule has 108 valence electrons. The molecular formula is C14H23IN2O2. The maximum atomic E-state index is 11.4. The Morgan fingerprint density at radius 2 is 1.79 bits per heavy atom. The largest absolute Gasteiger partial charge is 0.414 e. The molecule has 1 aromatic carbocycles. The van der Waals surface area contributed by atoms with Crippen LogP contribution >= 0.6 is 22.6 Å². The summed E-state index contributed by atoms with van der Waals surface area (Å²) in [5, 5.41) is 0. The molecule has 0 radical (unpaired) electrons. The third-order valence-electron chi connectivity index (χ3n) is 2.48. The molecule has 1 aromatic rings. The van der Waals surface area contributed by atoms with E-state index in [-0.39, 0.29) is 6.09 Å². The second-order valence-electron chi connectivity index (χ2n) is 4.30. The molecule has 4 nitrogen and oxygen atoms in total. The molecule has 0 unspecified atom stereocenters. The Morgan fingerprint density at radius 3 is 2.21 bits per heavy atom. The Bertz CT molecular complexity index is 406. The molecule has 0 aromatic heterocycles. The van der Waals surface area contributed by atoms with Gasteiger partial charge in [-0.15, -0.1) is 0 Å². The summed E-state index contributed by atoms with van der Waals surface area (Å²) in [6.45, 7) is 2.08. The van der Waals surface area contributed by atoms with Crippen LogP contribution in [0.1, 0.15) is 12.5 Å². The van der Waals surface area contributed by atoms with E-state index in [1.807, 2.05) is 37.2 Å². The highest BCUT2D eigenvalue weighted by molar-refractivity contribution is 14.1. The van der Waals surface area contributed by atoms with E-state index in [0.29, 0.717) is 5.75 Å². The minimum Gasteiger partial charge on any atom is -0.410 e. The summed E-state index contributed by atoms with van der Waals surface area (Å²) in [4.78, 5) is 16.9. The normalized spacial score (nSPS) is 9.21. The van der Waals surface area contributed by atoms with Gasteiger partial charge in [-0.05, 0) is 35.1 Å². The van der Waals surface area contributed by atoms with Gasteiger partial charge in [-0.3, -0.25) is 0 Å². The topological polar surface area (TPSA) is 32.8 Å². The van der Waals surface area contributed by atoms with Crippen molar-refractivity contribution in [3.8, 4) is 5.75 Å². The van der Waals surface area contributed by atoms with Gasteiger partial charge in [0.05, 0.1) is 0 Å². The number of benzene rings is 1. The van der Waals surface area contributed by atoms with Crippen molar-refractivity contribution in [3.05, 3.63) is 23.8 Å². The number of hydrogen-bond donors (Lipinski definition) is 0. The molecule has 1 rings (SSSR count). The zero-order valence-electron chi connectivity index (χ0n) is 12.5. The number of alkyl halides is 1. The molecule has 0 N–H and O–H groups in total. The fourth-order valence-corrected chi connectivity index (χ4v) is 1.54. The number of carbonyl (C=O) groups excluding carboxylic acids is 1. The number of nitrogens with zero attached hydrogens (tertiary/aromatic N) is 2. The van der Waals surface area contributed by atoms with Gasteiger partial charge >= 0.3 is 6.09 Å². The number of hydrogen-bond acceptors (Lipinski definition) is 3. The average molecular weight is 378 g/mol. The number of halogens is 1. The first kappa shape index (κ1) is 18.0. The van der Waals surface area contributed by atoms with Crippen LogP contribution in [0.4, 0.5) is 10.5 Å². The van der Waals surface area contributed by atoms with Gasteiger partial charge in [0.1, 0.15) is 5.75 Å². The van der Waals surface area contributed by atoms with E-state index in [2.05, 4.69) is 34.4 Å². The van der Waals surface area contributed by atoms with E-state index < -0.39 is 0 Å². The van der Waals surface area contributed by atoms with Crippen LogP contribution in [0.2, 0.25) is 0 Å². The summed E-state index contributed by atoms with van der Waals surface area (Å²) < 4.78 is 5.22. The van der Waals surface area contributed by atoms with Crippen molar-refractivity contribution in [2.75, 3.05) is 38.0 Å². The van der Waals surface area contributed by atoms with Crippen molar-refractivity contribution in [3.63, 3.8) is 0 Å². The lowest BCUT2D eigenvalue weighted by Crippen LogP contribution is -2.25. The zero-order chi connectivity index (χ0) is 15.0. The third kappa shape index (κ3) is 5.67. The number of amides is 1.